The number of hydrogen-bond acceptors (Lipinski definition) is 3. The van der Waals surface area contributed by atoms with Crippen molar-refractivity contribution in [2.24, 2.45) is 5.92 Å². The normalized spacial score (nSPS) is 19.0. The zero-order valence-corrected chi connectivity index (χ0v) is 13.4. The van der Waals surface area contributed by atoms with Gasteiger partial charge in [0.05, 0.1) is 0 Å². The van der Waals surface area contributed by atoms with Crippen LogP contribution in [0.1, 0.15) is 31.2 Å². The Kier molecular flexibility index (Phi) is 5.10. The van der Waals surface area contributed by atoms with E-state index in [9.17, 15) is 9.59 Å². The molecule has 0 radical (unpaired) electrons. The summed E-state index contributed by atoms with van der Waals surface area (Å²) < 4.78 is 0. The molecule has 0 saturated carbocycles. The monoisotopic (exact) mass is 316 g/mol. The fourth-order valence-corrected chi connectivity index (χ4v) is 3.28. The molecule has 0 atom stereocenters. The van der Waals surface area contributed by atoms with Crippen LogP contribution in [0.3, 0.4) is 0 Å². The molecule has 0 unspecified atom stereocenters. The van der Waals surface area contributed by atoms with Gasteiger partial charge in [0.25, 0.3) is 0 Å². The number of rotatable bonds is 3. The van der Waals surface area contributed by atoms with E-state index in [0.29, 0.717) is 19.6 Å². The number of nitrogens with zero attached hydrogens (tertiary/aromatic N) is 3. The molecule has 1 aromatic rings. The topological polar surface area (TPSA) is 65.5 Å². The third-order valence-electron chi connectivity index (χ3n) is 4.73. The van der Waals surface area contributed by atoms with Crippen LogP contribution in [-0.4, -0.2) is 52.9 Å². The Balaban J connectivity index is 1.43. The Hall–Kier alpha value is -2.11. The van der Waals surface area contributed by atoms with Gasteiger partial charge < -0.3 is 15.1 Å². The van der Waals surface area contributed by atoms with E-state index < -0.39 is 0 Å². The molecule has 23 heavy (non-hydrogen) atoms. The lowest BCUT2D eigenvalue weighted by Gasteiger charge is -2.34. The molecule has 6 nitrogen and oxygen atoms in total. The molecule has 0 spiro atoms. The number of carbonyl (C=O) groups excluding carboxylic acids is 2. The number of carbonyl (C=O) groups is 2. The van der Waals surface area contributed by atoms with E-state index in [1.807, 2.05) is 21.9 Å². The van der Waals surface area contributed by atoms with Crippen LogP contribution in [0, 0.1) is 5.92 Å². The molecule has 0 aromatic carbocycles. The van der Waals surface area contributed by atoms with E-state index in [0.717, 1.165) is 44.3 Å². The van der Waals surface area contributed by atoms with E-state index in [4.69, 9.17) is 0 Å². The first-order chi connectivity index (χ1) is 11.2. The third kappa shape index (κ3) is 4.00. The maximum Gasteiger partial charge on any atom is 0.319 e. The Labute approximate surface area is 136 Å². The predicted octanol–water partition coefficient (Wildman–Crippen LogP) is 1.63. The van der Waals surface area contributed by atoms with Crippen LogP contribution < -0.4 is 5.32 Å². The van der Waals surface area contributed by atoms with Gasteiger partial charge in [-0.05, 0) is 43.4 Å². The Morgan fingerprint density at radius 1 is 1.04 bits per heavy atom. The number of hydrogen-bond donors (Lipinski definition) is 1. The Morgan fingerprint density at radius 2 is 1.65 bits per heavy atom. The van der Waals surface area contributed by atoms with Gasteiger partial charge in [-0.3, -0.25) is 9.78 Å². The average molecular weight is 316 g/mol. The van der Waals surface area contributed by atoms with Crippen molar-refractivity contribution in [3.63, 3.8) is 0 Å². The van der Waals surface area contributed by atoms with Crippen molar-refractivity contribution in [3.05, 3.63) is 30.1 Å². The lowest BCUT2D eigenvalue weighted by molar-refractivity contribution is -0.126. The van der Waals surface area contributed by atoms with Gasteiger partial charge in [0.1, 0.15) is 0 Å². The summed E-state index contributed by atoms with van der Waals surface area (Å²) in [4.78, 5) is 32.4. The highest BCUT2D eigenvalue weighted by atomic mass is 16.2. The van der Waals surface area contributed by atoms with Crippen molar-refractivity contribution in [2.75, 3.05) is 26.2 Å². The van der Waals surface area contributed by atoms with Crippen LogP contribution in [-0.2, 0) is 11.3 Å². The fourth-order valence-electron chi connectivity index (χ4n) is 3.28. The smallest absolute Gasteiger partial charge is 0.319 e. The van der Waals surface area contributed by atoms with Crippen LogP contribution in [0.15, 0.2) is 24.5 Å². The summed E-state index contributed by atoms with van der Waals surface area (Å²) in [5.74, 6) is 0.106. The van der Waals surface area contributed by atoms with Gasteiger partial charge in [0, 0.05) is 51.0 Å². The number of pyridine rings is 1. The molecule has 2 fully saturated rings. The molecule has 0 aliphatic carbocycles. The highest BCUT2D eigenvalue weighted by Crippen LogP contribution is 2.20. The van der Waals surface area contributed by atoms with Gasteiger partial charge in [0.15, 0.2) is 0 Å². The summed E-state index contributed by atoms with van der Waals surface area (Å²) in [5, 5.41) is 2.99. The van der Waals surface area contributed by atoms with E-state index in [-0.39, 0.29) is 17.9 Å². The van der Waals surface area contributed by atoms with Crippen molar-refractivity contribution >= 4 is 11.9 Å². The molecular weight excluding hydrogens is 292 g/mol. The van der Waals surface area contributed by atoms with Gasteiger partial charge in [-0.1, -0.05) is 0 Å². The summed E-state index contributed by atoms with van der Waals surface area (Å²) in [6.07, 6.45) is 7.18. The van der Waals surface area contributed by atoms with Gasteiger partial charge in [-0.15, -0.1) is 0 Å². The van der Waals surface area contributed by atoms with E-state index in [1.54, 1.807) is 12.4 Å². The van der Waals surface area contributed by atoms with E-state index in [1.165, 1.54) is 0 Å². The van der Waals surface area contributed by atoms with E-state index in [2.05, 4.69) is 10.3 Å². The van der Waals surface area contributed by atoms with Crippen LogP contribution in [0.5, 0.6) is 0 Å². The van der Waals surface area contributed by atoms with Crippen LogP contribution in [0.2, 0.25) is 0 Å². The lowest BCUT2D eigenvalue weighted by atomic mass is 9.96. The standard InChI is InChI=1S/C17H24N4O2/c22-16(19-13-14-3-7-18-8-4-14)15-5-11-21(12-6-15)17(23)20-9-1-2-10-20/h3-4,7-8,15H,1-2,5-6,9-13H2,(H,19,22). The van der Waals surface area contributed by atoms with Crippen LogP contribution in [0.25, 0.3) is 0 Å². The molecule has 3 heterocycles. The van der Waals surface area contributed by atoms with E-state index >= 15 is 0 Å². The zero-order valence-electron chi connectivity index (χ0n) is 13.4. The summed E-state index contributed by atoms with van der Waals surface area (Å²) >= 11 is 0. The van der Waals surface area contributed by atoms with Crippen molar-refractivity contribution in [2.45, 2.75) is 32.2 Å². The lowest BCUT2D eigenvalue weighted by Crippen LogP contribution is -2.47. The van der Waals surface area contributed by atoms with Crippen molar-refractivity contribution < 1.29 is 9.59 Å². The second-order valence-electron chi connectivity index (χ2n) is 6.31. The number of likely N-dealkylation sites (tertiary alicyclic amines) is 2. The fraction of sp³-hybridized carbons (Fsp3) is 0.588. The SMILES string of the molecule is O=C(NCc1ccncc1)C1CCN(C(=O)N2CCCC2)CC1. The zero-order chi connectivity index (χ0) is 16.1. The second-order valence-corrected chi connectivity index (χ2v) is 6.31. The first kappa shape index (κ1) is 15.8. The quantitative estimate of drug-likeness (QED) is 0.921. The molecule has 0 bridgehead atoms. The highest BCUT2D eigenvalue weighted by Gasteiger charge is 2.30. The minimum Gasteiger partial charge on any atom is -0.352 e. The molecule has 3 rings (SSSR count). The highest BCUT2D eigenvalue weighted by molar-refractivity contribution is 5.79. The first-order valence-corrected chi connectivity index (χ1v) is 8.44. The first-order valence-electron chi connectivity index (χ1n) is 8.44. The third-order valence-corrected chi connectivity index (χ3v) is 4.73. The predicted molar refractivity (Wildman–Crippen MR) is 86.6 cm³/mol. The van der Waals surface area contributed by atoms with Gasteiger partial charge >= 0.3 is 6.03 Å². The minimum absolute atomic E-state index is 0.0134. The van der Waals surface area contributed by atoms with Crippen LogP contribution >= 0.6 is 0 Å². The van der Waals surface area contributed by atoms with Crippen molar-refractivity contribution in [1.29, 1.82) is 0 Å². The van der Waals surface area contributed by atoms with Gasteiger partial charge in [0.2, 0.25) is 5.91 Å². The molecule has 1 aromatic heterocycles. The number of amides is 3. The number of aromatic nitrogens is 1. The molecule has 1 N–H and O–H groups in total. The van der Waals surface area contributed by atoms with Crippen molar-refractivity contribution in [1.82, 2.24) is 20.1 Å². The molecule has 2 aliphatic rings. The minimum atomic E-state index is 0.0134. The molecular formula is C17H24N4O2. The summed E-state index contributed by atoms with van der Waals surface area (Å²) in [5.41, 5.74) is 1.05. The molecule has 124 valence electrons. The van der Waals surface area contributed by atoms with Crippen LogP contribution in [0.4, 0.5) is 4.79 Å². The maximum atomic E-state index is 12.3. The summed E-state index contributed by atoms with van der Waals surface area (Å²) in [7, 11) is 0. The second kappa shape index (κ2) is 7.44. The largest absolute Gasteiger partial charge is 0.352 e. The Morgan fingerprint density at radius 3 is 2.30 bits per heavy atom. The maximum absolute atomic E-state index is 12.3. The molecule has 2 saturated heterocycles. The average Bonchev–Trinajstić information content (AvgIpc) is 3.15. The molecule has 6 heteroatoms. The Bertz CT molecular complexity index is 535. The summed E-state index contributed by atoms with van der Waals surface area (Å²) in [6, 6.07) is 3.95. The molecule has 2 aliphatic heterocycles. The number of urea groups is 1. The van der Waals surface area contributed by atoms with Crippen molar-refractivity contribution in [3.8, 4) is 0 Å². The summed E-state index contributed by atoms with van der Waals surface area (Å²) in [6.45, 7) is 3.66. The number of nitrogens with one attached hydrogen (secondary N) is 1. The molecule has 3 amide bonds. The number of piperidine rings is 1. The van der Waals surface area contributed by atoms with Gasteiger partial charge in [-0.25, -0.2) is 4.79 Å². The van der Waals surface area contributed by atoms with Gasteiger partial charge in [-0.2, -0.15) is 0 Å².